The van der Waals surface area contributed by atoms with Crippen molar-refractivity contribution in [2.24, 2.45) is 5.92 Å². The molecule has 1 heterocycles. The van der Waals surface area contributed by atoms with Gasteiger partial charge in [-0.05, 0) is 36.5 Å². The van der Waals surface area contributed by atoms with E-state index in [0.717, 1.165) is 5.56 Å². The average Bonchev–Trinajstić information content (AvgIpc) is 2.90. The molecule has 0 saturated heterocycles. The van der Waals surface area contributed by atoms with Gasteiger partial charge in [-0.1, -0.05) is 31.5 Å². The Morgan fingerprint density at radius 2 is 2.14 bits per heavy atom. The van der Waals surface area contributed by atoms with E-state index in [2.05, 4.69) is 5.32 Å². The fraction of sp³-hybridized carbons (Fsp3) is 0.500. The summed E-state index contributed by atoms with van der Waals surface area (Å²) in [7, 11) is 0. The molecule has 0 saturated carbocycles. The van der Waals surface area contributed by atoms with Crippen molar-refractivity contribution < 1.29 is 14.7 Å². The standard InChI is InChI=1S/C16H21ClN2O3/c1-10(2)8-11(9-20)18-15(21)16(22)19-7-6-12-13(17)4-3-5-14(12)19/h3-5,10-11,20H,6-9H2,1-2H3,(H,18,21). The lowest BCUT2D eigenvalue weighted by molar-refractivity contribution is -0.138. The summed E-state index contributed by atoms with van der Waals surface area (Å²) in [6.07, 6.45) is 1.27. The first kappa shape index (κ1) is 16.8. The molecule has 120 valence electrons. The van der Waals surface area contributed by atoms with Gasteiger partial charge < -0.3 is 15.3 Å². The van der Waals surface area contributed by atoms with Crippen LogP contribution in [-0.2, 0) is 16.0 Å². The molecule has 0 radical (unpaired) electrons. The molecule has 2 N–H and O–H groups in total. The Bertz CT molecular complexity index is 575. The van der Waals surface area contributed by atoms with Crippen molar-refractivity contribution in [1.82, 2.24) is 5.32 Å². The molecule has 1 aromatic carbocycles. The summed E-state index contributed by atoms with van der Waals surface area (Å²) in [6, 6.07) is 4.92. The maximum Gasteiger partial charge on any atom is 0.316 e. The zero-order valence-electron chi connectivity index (χ0n) is 12.8. The van der Waals surface area contributed by atoms with E-state index in [9.17, 15) is 14.7 Å². The van der Waals surface area contributed by atoms with E-state index < -0.39 is 17.9 Å². The first-order valence-corrected chi connectivity index (χ1v) is 7.82. The van der Waals surface area contributed by atoms with Gasteiger partial charge in [0.2, 0.25) is 0 Å². The highest BCUT2D eigenvalue weighted by Crippen LogP contribution is 2.33. The summed E-state index contributed by atoms with van der Waals surface area (Å²) < 4.78 is 0. The first-order chi connectivity index (χ1) is 10.4. The van der Waals surface area contributed by atoms with Crippen molar-refractivity contribution in [3.05, 3.63) is 28.8 Å². The second-order valence-electron chi connectivity index (χ2n) is 5.93. The van der Waals surface area contributed by atoms with Gasteiger partial charge in [-0.2, -0.15) is 0 Å². The number of aliphatic hydroxyl groups excluding tert-OH is 1. The van der Waals surface area contributed by atoms with Crippen molar-refractivity contribution in [2.45, 2.75) is 32.7 Å². The van der Waals surface area contributed by atoms with Crippen LogP contribution in [0.4, 0.5) is 5.69 Å². The van der Waals surface area contributed by atoms with Crippen LogP contribution in [0.2, 0.25) is 5.02 Å². The van der Waals surface area contributed by atoms with E-state index in [0.29, 0.717) is 36.0 Å². The zero-order valence-corrected chi connectivity index (χ0v) is 13.6. The van der Waals surface area contributed by atoms with Crippen LogP contribution in [0.1, 0.15) is 25.8 Å². The molecule has 5 nitrogen and oxygen atoms in total. The third-order valence-electron chi connectivity index (χ3n) is 3.72. The van der Waals surface area contributed by atoms with E-state index in [-0.39, 0.29) is 6.61 Å². The molecule has 0 spiro atoms. The van der Waals surface area contributed by atoms with Gasteiger partial charge in [-0.15, -0.1) is 0 Å². The Morgan fingerprint density at radius 1 is 1.41 bits per heavy atom. The molecule has 6 heteroatoms. The van der Waals surface area contributed by atoms with Crippen LogP contribution in [0, 0.1) is 5.92 Å². The first-order valence-electron chi connectivity index (χ1n) is 7.44. The number of halogens is 1. The number of fused-ring (bicyclic) bond motifs is 1. The Labute approximate surface area is 135 Å². The van der Waals surface area contributed by atoms with Crippen molar-refractivity contribution in [1.29, 1.82) is 0 Å². The summed E-state index contributed by atoms with van der Waals surface area (Å²) in [5.74, 6) is -0.977. The quantitative estimate of drug-likeness (QED) is 0.829. The van der Waals surface area contributed by atoms with E-state index in [1.807, 2.05) is 13.8 Å². The molecule has 2 rings (SSSR count). The van der Waals surface area contributed by atoms with Gasteiger partial charge in [0.1, 0.15) is 0 Å². The molecule has 0 aliphatic carbocycles. The summed E-state index contributed by atoms with van der Waals surface area (Å²) in [5.41, 5.74) is 1.59. The normalized spacial score (nSPS) is 14.9. The van der Waals surface area contributed by atoms with E-state index >= 15 is 0 Å². The maximum absolute atomic E-state index is 12.3. The predicted molar refractivity (Wildman–Crippen MR) is 86.0 cm³/mol. The topological polar surface area (TPSA) is 69.6 Å². The smallest absolute Gasteiger partial charge is 0.316 e. The maximum atomic E-state index is 12.3. The van der Waals surface area contributed by atoms with Crippen molar-refractivity contribution in [3.63, 3.8) is 0 Å². The van der Waals surface area contributed by atoms with Gasteiger partial charge in [0, 0.05) is 17.3 Å². The number of rotatable bonds is 4. The van der Waals surface area contributed by atoms with Crippen LogP contribution in [0.15, 0.2) is 18.2 Å². The van der Waals surface area contributed by atoms with Crippen LogP contribution < -0.4 is 10.2 Å². The third kappa shape index (κ3) is 3.59. The van der Waals surface area contributed by atoms with Crippen LogP contribution in [0.3, 0.4) is 0 Å². The number of nitrogens with one attached hydrogen (secondary N) is 1. The number of hydrogen-bond donors (Lipinski definition) is 2. The van der Waals surface area contributed by atoms with Gasteiger partial charge in [-0.3, -0.25) is 9.59 Å². The molecule has 1 aromatic rings. The molecule has 0 bridgehead atoms. The molecule has 0 aromatic heterocycles. The highest BCUT2D eigenvalue weighted by molar-refractivity contribution is 6.41. The highest BCUT2D eigenvalue weighted by atomic mass is 35.5. The number of carbonyl (C=O) groups excluding carboxylic acids is 2. The number of anilines is 1. The van der Waals surface area contributed by atoms with Crippen molar-refractivity contribution >= 4 is 29.1 Å². The largest absolute Gasteiger partial charge is 0.394 e. The fourth-order valence-corrected chi connectivity index (χ4v) is 2.98. The summed E-state index contributed by atoms with van der Waals surface area (Å²) >= 11 is 6.11. The second kappa shape index (κ2) is 7.11. The van der Waals surface area contributed by atoms with E-state index in [4.69, 9.17) is 11.6 Å². The monoisotopic (exact) mass is 324 g/mol. The lowest BCUT2D eigenvalue weighted by atomic mass is 10.0. The minimum absolute atomic E-state index is 0.181. The molecule has 22 heavy (non-hydrogen) atoms. The number of nitrogens with zero attached hydrogens (tertiary/aromatic N) is 1. The number of aliphatic hydroxyl groups is 1. The molecule has 2 amide bonds. The fourth-order valence-electron chi connectivity index (χ4n) is 2.72. The number of amides is 2. The van der Waals surface area contributed by atoms with Crippen LogP contribution in [0.25, 0.3) is 0 Å². The van der Waals surface area contributed by atoms with Crippen LogP contribution in [-0.4, -0.2) is 36.1 Å². The molecule has 1 aliphatic heterocycles. The second-order valence-corrected chi connectivity index (χ2v) is 6.33. The molecule has 0 fully saturated rings. The highest BCUT2D eigenvalue weighted by Gasteiger charge is 2.31. The van der Waals surface area contributed by atoms with Gasteiger partial charge in [0.05, 0.1) is 12.6 Å². The minimum atomic E-state index is -0.687. The molecule has 1 aliphatic rings. The van der Waals surface area contributed by atoms with Crippen LogP contribution >= 0.6 is 11.6 Å². The Morgan fingerprint density at radius 3 is 2.77 bits per heavy atom. The number of benzene rings is 1. The SMILES string of the molecule is CC(C)CC(CO)NC(=O)C(=O)N1CCc2c(Cl)cccc21. The van der Waals surface area contributed by atoms with E-state index in [1.54, 1.807) is 18.2 Å². The molecule has 1 unspecified atom stereocenters. The average molecular weight is 325 g/mol. The van der Waals surface area contributed by atoms with Gasteiger partial charge in [-0.25, -0.2) is 0 Å². The third-order valence-corrected chi connectivity index (χ3v) is 4.08. The Kier molecular flexibility index (Phi) is 5.42. The minimum Gasteiger partial charge on any atom is -0.394 e. The van der Waals surface area contributed by atoms with Crippen LogP contribution in [0.5, 0.6) is 0 Å². The van der Waals surface area contributed by atoms with Crippen molar-refractivity contribution in [2.75, 3.05) is 18.1 Å². The molecular formula is C16H21ClN2O3. The Hall–Kier alpha value is -1.59. The molecule has 1 atom stereocenters. The summed E-state index contributed by atoms with van der Waals surface area (Å²) in [5, 5.41) is 12.5. The number of hydrogen-bond acceptors (Lipinski definition) is 3. The van der Waals surface area contributed by atoms with E-state index in [1.165, 1.54) is 4.90 Å². The van der Waals surface area contributed by atoms with Gasteiger partial charge in [0.15, 0.2) is 0 Å². The van der Waals surface area contributed by atoms with Gasteiger partial charge >= 0.3 is 11.8 Å². The molecular weight excluding hydrogens is 304 g/mol. The van der Waals surface area contributed by atoms with Crippen molar-refractivity contribution in [3.8, 4) is 0 Å². The Balaban J connectivity index is 2.07. The summed E-state index contributed by atoms with van der Waals surface area (Å²) in [4.78, 5) is 25.9. The predicted octanol–water partition coefficient (Wildman–Crippen LogP) is 1.75. The lowest BCUT2D eigenvalue weighted by Crippen LogP contribution is -2.47. The number of carbonyl (C=O) groups is 2. The summed E-state index contributed by atoms with van der Waals surface area (Å²) in [6.45, 7) is 4.25. The van der Waals surface area contributed by atoms with Gasteiger partial charge in [0.25, 0.3) is 0 Å². The lowest BCUT2D eigenvalue weighted by Gasteiger charge is -2.21. The zero-order chi connectivity index (χ0) is 16.3.